The van der Waals surface area contributed by atoms with Crippen molar-refractivity contribution in [3.05, 3.63) is 47.8 Å². The van der Waals surface area contributed by atoms with E-state index in [0.717, 1.165) is 5.56 Å². The summed E-state index contributed by atoms with van der Waals surface area (Å²) in [6.07, 6.45) is -0.101. The van der Waals surface area contributed by atoms with Gasteiger partial charge in [0.05, 0.1) is 26.0 Å². The number of benzene rings is 2. The molecule has 7 heteroatoms. The lowest BCUT2D eigenvalue weighted by molar-refractivity contribution is 0.241. The second-order valence-corrected chi connectivity index (χ2v) is 5.80. The zero-order valence-electron chi connectivity index (χ0n) is 15.3. The molecule has 0 saturated heterocycles. The number of urea groups is 1. The van der Waals surface area contributed by atoms with Gasteiger partial charge in [-0.2, -0.15) is 0 Å². The molecule has 0 heterocycles. The number of ether oxygens (including phenoxy) is 3. The third kappa shape index (κ3) is 5.27. The molecule has 2 N–H and O–H groups in total. The first-order valence-corrected chi connectivity index (χ1v) is 8.15. The number of methoxy groups -OCH3 is 2. The van der Waals surface area contributed by atoms with Crippen LogP contribution in [0.15, 0.2) is 36.4 Å². The van der Waals surface area contributed by atoms with Gasteiger partial charge < -0.3 is 24.8 Å². The summed E-state index contributed by atoms with van der Waals surface area (Å²) in [5, 5.41) is 5.32. The van der Waals surface area contributed by atoms with Crippen molar-refractivity contribution in [2.24, 2.45) is 0 Å². The molecular formula is C19H23FN2O4. The lowest BCUT2D eigenvalue weighted by atomic mass is 10.2. The van der Waals surface area contributed by atoms with E-state index >= 15 is 0 Å². The highest BCUT2D eigenvalue weighted by atomic mass is 19.1. The Morgan fingerprint density at radius 2 is 1.73 bits per heavy atom. The van der Waals surface area contributed by atoms with Gasteiger partial charge in [0.15, 0.2) is 11.5 Å². The number of nitrogens with one attached hydrogen (secondary N) is 2. The molecule has 0 spiro atoms. The highest BCUT2D eigenvalue weighted by Gasteiger charge is 2.11. The zero-order valence-corrected chi connectivity index (χ0v) is 15.3. The van der Waals surface area contributed by atoms with Crippen LogP contribution in [-0.4, -0.2) is 26.4 Å². The first-order chi connectivity index (χ1) is 12.4. The lowest BCUT2D eigenvalue weighted by Crippen LogP contribution is -2.28. The van der Waals surface area contributed by atoms with E-state index in [2.05, 4.69) is 10.6 Å². The molecule has 0 bridgehead atoms. The summed E-state index contributed by atoms with van der Waals surface area (Å²) in [7, 11) is 3.10. The van der Waals surface area contributed by atoms with E-state index in [1.54, 1.807) is 26.4 Å². The van der Waals surface area contributed by atoms with Gasteiger partial charge in [0.2, 0.25) is 0 Å². The molecule has 2 amide bonds. The molecule has 6 nitrogen and oxygen atoms in total. The average molecular weight is 362 g/mol. The number of carbonyl (C=O) groups excluding carboxylic acids is 1. The molecule has 26 heavy (non-hydrogen) atoms. The summed E-state index contributed by atoms with van der Waals surface area (Å²) in [6, 6.07) is 8.86. The van der Waals surface area contributed by atoms with Crippen molar-refractivity contribution >= 4 is 11.7 Å². The highest BCUT2D eigenvalue weighted by Crippen LogP contribution is 2.28. The van der Waals surface area contributed by atoms with Crippen LogP contribution in [0.1, 0.15) is 19.4 Å². The Morgan fingerprint density at radius 3 is 2.38 bits per heavy atom. The Labute approximate surface area is 152 Å². The second-order valence-electron chi connectivity index (χ2n) is 5.80. The molecule has 0 saturated carbocycles. The fraction of sp³-hybridized carbons (Fsp3) is 0.316. The average Bonchev–Trinajstić information content (AvgIpc) is 2.61. The van der Waals surface area contributed by atoms with Crippen LogP contribution in [0.25, 0.3) is 0 Å². The van der Waals surface area contributed by atoms with E-state index in [1.807, 2.05) is 19.9 Å². The molecule has 2 aromatic carbocycles. The van der Waals surface area contributed by atoms with Crippen molar-refractivity contribution in [3.63, 3.8) is 0 Å². The van der Waals surface area contributed by atoms with Gasteiger partial charge in [-0.1, -0.05) is 6.07 Å². The van der Waals surface area contributed by atoms with Gasteiger partial charge in [0.25, 0.3) is 0 Å². The van der Waals surface area contributed by atoms with E-state index in [4.69, 9.17) is 14.2 Å². The number of hydrogen-bond donors (Lipinski definition) is 2. The van der Waals surface area contributed by atoms with Crippen molar-refractivity contribution in [2.45, 2.75) is 26.5 Å². The summed E-state index contributed by atoms with van der Waals surface area (Å²) in [5.41, 5.74) is 1.10. The number of carbonyl (C=O) groups is 1. The van der Waals surface area contributed by atoms with Gasteiger partial charge in [-0.15, -0.1) is 0 Å². The SMILES string of the molecule is COc1ccc(CNC(=O)Nc2cc(F)ccc2OC(C)C)cc1OC. The second kappa shape index (κ2) is 8.94. The van der Waals surface area contributed by atoms with Crippen LogP contribution in [0.3, 0.4) is 0 Å². The van der Waals surface area contributed by atoms with Gasteiger partial charge in [-0.3, -0.25) is 0 Å². The van der Waals surface area contributed by atoms with Gasteiger partial charge in [-0.25, -0.2) is 9.18 Å². The molecule has 140 valence electrons. The highest BCUT2D eigenvalue weighted by molar-refractivity contribution is 5.90. The minimum Gasteiger partial charge on any atom is -0.493 e. The summed E-state index contributed by atoms with van der Waals surface area (Å²) in [6.45, 7) is 3.97. The maximum Gasteiger partial charge on any atom is 0.319 e. The minimum absolute atomic E-state index is 0.101. The van der Waals surface area contributed by atoms with Gasteiger partial charge in [0.1, 0.15) is 11.6 Å². The maximum absolute atomic E-state index is 13.5. The standard InChI is InChI=1S/C19H23FN2O4/c1-12(2)26-16-8-6-14(20)10-15(16)22-19(23)21-11-13-5-7-17(24-3)18(9-13)25-4/h5-10,12H,11H2,1-4H3,(H2,21,22,23). The van der Waals surface area contributed by atoms with Crippen molar-refractivity contribution in [1.82, 2.24) is 5.32 Å². The van der Waals surface area contributed by atoms with E-state index in [0.29, 0.717) is 17.2 Å². The smallest absolute Gasteiger partial charge is 0.319 e. The zero-order chi connectivity index (χ0) is 19.1. The molecule has 0 atom stereocenters. The van der Waals surface area contributed by atoms with E-state index in [-0.39, 0.29) is 18.3 Å². The molecule has 0 aromatic heterocycles. The fourth-order valence-corrected chi connectivity index (χ4v) is 2.30. The van der Waals surface area contributed by atoms with Crippen molar-refractivity contribution in [2.75, 3.05) is 19.5 Å². The Bertz CT molecular complexity index is 765. The van der Waals surface area contributed by atoms with Crippen LogP contribution >= 0.6 is 0 Å². The summed E-state index contributed by atoms with van der Waals surface area (Å²) >= 11 is 0. The third-order valence-corrected chi connectivity index (χ3v) is 3.45. The molecule has 2 rings (SSSR count). The molecule has 2 aromatic rings. The Morgan fingerprint density at radius 1 is 1.04 bits per heavy atom. The van der Waals surface area contributed by atoms with Crippen LogP contribution < -0.4 is 24.8 Å². The lowest BCUT2D eigenvalue weighted by Gasteiger charge is -2.15. The maximum atomic E-state index is 13.5. The summed E-state index contributed by atoms with van der Waals surface area (Å²) < 4.78 is 29.5. The van der Waals surface area contributed by atoms with Gasteiger partial charge in [0, 0.05) is 12.6 Å². The number of hydrogen-bond acceptors (Lipinski definition) is 4. The number of halogens is 1. The first-order valence-electron chi connectivity index (χ1n) is 8.15. The van der Waals surface area contributed by atoms with Crippen molar-refractivity contribution < 1.29 is 23.4 Å². The Hall–Kier alpha value is -2.96. The fourth-order valence-electron chi connectivity index (χ4n) is 2.30. The predicted octanol–water partition coefficient (Wildman–Crippen LogP) is 3.95. The summed E-state index contributed by atoms with van der Waals surface area (Å²) in [4.78, 5) is 12.2. The van der Waals surface area contributed by atoms with E-state index in [9.17, 15) is 9.18 Å². The molecule has 0 unspecified atom stereocenters. The molecular weight excluding hydrogens is 339 g/mol. The largest absolute Gasteiger partial charge is 0.493 e. The molecule has 0 radical (unpaired) electrons. The van der Waals surface area contributed by atoms with Crippen LogP contribution in [0.5, 0.6) is 17.2 Å². The normalized spacial score (nSPS) is 10.4. The predicted molar refractivity (Wildman–Crippen MR) is 97.6 cm³/mol. The number of anilines is 1. The van der Waals surface area contributed by atoms with Crippen LogP contribution in [0.2, 0.25) is 0 Å². The van der Waals surface area contributed by atoms with Gasteiger partial charge >= 0.3 is 6.03 Å². The number of amides is 2. The monoisotopic (exact) mass is 362 g/mol. The van der Waals surface area contributed by atoms with E-state index < -0.39 is 11.8 Å². The Balaban J connectivity index is 2.02. The number of rotatable bonds is 7. The van der Waals surface area contributed by atoms with E-state index in [1.165, 1.54) is 18.2 Å². The first kappa shape index (κ1) is 19.4. The molecule has 0 fully saturated rings. The topological polar surface area (TPSA) is 68.8 Å². The van der Waals surface area contributed by atoms with Gasteiger partial charge in [-0.05, 0) is 43.7 Å². The molecule has 0 aliphatic rings. The van der Waals surface area contributed by atoms with Crippen LogP contribution in [0, 0.1) is 5.82 Å². The third-order valence-electron chi connectivity index (χ3n) is 3.45. The Kier molecular flexibility index (Phi) is 6.66. The molecule has 0 aliphatic carbocycles. The van der Waals surface area contributed by atoms with Crippen LogP contribution in [-0.2, 0) is 6.54 Å². The van der Waals surface area contributed by atoms with Crippen molar-refractivity contribution in [1.29, 1.82) is 0 Å². The quantitative estimate of drug-likeness (QED) is 0.782. The summed E-state index contributed by atoms with van der Waals surface area (Å²) in [5.74, 6) is 1.12. The van der Waals surface area contributed by atoms with Crippen LogP contribution in [0.4, 0.5) is 14.9 Å². The molecule has 0 aliphatic heterocycles. The minimum atomic E-state index is -0.473. The van der Waals surface area contributed by atoms with Crippen molar-refractivity contribution in [3.8, 4) is 17.2 Å².